The fraction of sp³-hybridized carbons (Fsp3) is 0.682. The quantitative estimate of drug-likeness (QED) is 0.350. The van der Waals surface area contributed by atoms with Gasteiger partial charge < -0.3 is 10.1 Å². The number of hydrogen-bond acceptors (Lipinski definition) is 6. The summed E-state index contributed by atoms with van der Waals surface area (Å²) in [6.07, 6.45) is 5.39. The van der Waals surface area contributed by atoms with Gasteiger partial charge >= 0.3 is 0 Å². The smallest absolute Gasteiger partial charge is 0.263 e. The molecule has 0 unspecified atom stereocenters. The fourth-order valence-electron chi connectivity index (χ4n) is 3.99. The molecule has 2 atom stereocenters. The molecule has 0 aliphatic heterocycles. The van der Waals surface area contributed by atoms with Crippen LogP contribution in [0.3, 0.4) is 0 Å². The van der Waals surface area contributed by atoms with E-state index in [1.54, 1.807) is 15.9 Å². The van der Waals surface area contributed by atoms with E-state index in [9.17, 15) is 9.59 Å². The lowest BCUT2D eigenvalue weighted by molar-refractivity contribution is -0.119. The first-order valence-corrected chi connectivity index (χ1v) is 12.7. The molecule has 6 nitrogen and oxygen atoms in total. The van der Waals surface area contributed by atoms with Crippen molar-refractivity contribution in [3.63, 3.8) is 0 Å². The third-order valence-corrected chi connectivity index (χ3v) is 8.00. The second-order valence-corrected chi connectivity index (χ2v) is 10.2. The number of aromatic nitrogens is 2. The summed E-state index contributed by atoms with van der Waals surface area (Å²) in [5.74, 6) is 0.819. The third-order valence-electron chi connectivity index (χ3n) is 5.92. The van der Waals surface area contributed by atoms with Crippen LogP contribution in [0.5, 0.6) is 0 Å². The molecule has 1 aliphatic carbocycles. The van der Waals surface area contributed by atoms with Crippen molar-refractivity contribution in [3.05, 3.63) is 20.8 Å². The van der Waals surface area contributed by atoms with Crippen LogP contribution in [0.4, 0.5) is 0 Å². The van der Waals surface area contributed by atoms with Crippen LogP contribution in [0.15, 0.2) is 9.95 Å². The topological polar surface area (TPSA) is 73.2 Å². The fourth-order valence-corrected chi connectivity index (χ4v) is 5.90. The molecular weight excluding hydrogens is 418 g/mol. The maximum atomic E-state index is 13.2. The van der Waals surface area contributed by atoms with Crippen LogP contribution < -0.4 is 10.9 Å². The van der Waals surface area contributed by atoms with Crippen LogP contribution in [0.25, 0.3) is 10.2 Å². The van der Waals surface area contributed by atoms with E-state index >= 15 is 0 Å². The van der Waals surface area contributed by atoms with Gasteiger partial charge in [0.25, 0.3) is 5.56 Å². The highest BCUT2D eigenvalue weighted by Crippen LogP contribution is 2.29. The summed E-state index contributed by atoms with van der Waals surface area (Å²) in [6, 6.07) is 0.262. The zero-order valence-electron chi connectivity index (χ0n) is 18.5. The lowest BCUT2D eigenvalue weighted by atomic mass is 9.86. The number of rotatable bonds is 9. The number of ether oxygens (including phenoxy) is 1. The second kappa shape index (κ2) is 10.8. The molecule has 166 valence electrons. The van der Waals surface area contributed by atoms with Crippen molar-refractivity contribution >= 4 is 39.2 Å². The molecule has 1 N–H and O–H groups in total. The number of carbonyl (C=O) groups is 1. The Labute approximate surface area is 186 Å². The van der Waals surface area contributed by atoms with Crippen molar-refractivity contribution in [2.45, 2.75) is 77.5 Å². The van der Waals surface area contributed by atoms with E-state index in [4.69, 9.17) is 9.72 Å². The molecule has 2 heterocycles. The van der Waals surface area contributed by atoms with Crippen LogP contribution in [-0.2, 0) is 16.1 Å². The molecule has 0 saturated heterocycles. The van der Waals surface area contributed by atoms with Crippen LogP contribution in [-0.4, -0.2) is 40.5 Å². The minimum absolute atomic E-state index is 0.0119. The third kappa shape index (κ3) is 5.45. The number of hydrogen-bond donors (Lipinski definition) is 1. The highest BCUT2D eigenvalue weighted by molar-refractivity contribution is 7.99. The van der Waals surface area contributed by atoms with Gasteiger partial charge in [0.1, 0.15) is 4.83 Å². The minimum atomic E-state index is -0.0119. The molecule has 1 aliphatic rings. The standard InChI is InChI=1S/C22H33N3O3S2/c1-5-28-12-8-11-25-21(27)19-15(3)16(4)30-20(19)24-22(25)29-13-18(26)23-17-10-7-6-9-14(17)2/h14,17H,5-13H2,1-4H3,(H,23,26)/t14-,17+/m1/s1. The van der Waals surface area contributed by atoms with Gasteiger partial charge in [-0.25, -0.2) is 4.98 Å². The second-order valence-electron chi connectivity index (χ2n) is 8.09. The zero-order chi connectivity index (χ0) is 21.7. The van der Waals surface area contributed by atoms with Gasteiger partial charge in [-0.3, -0.25) is 14.2 Å². The molecule has 2 aromatic heterocycles. The highest BCUT2D eigenvalue weighted by atomic mass is 32.2. The van der Waals surface area contributed by atoms with Crippen molar-refractivity contribution in [1.29, 1.82) is 0 Å². The first-order valence-electron chi connectivity index (χ1n) is 10.9. The van der Waals surface area contributed by atoms with Gasteiger partial charge in [-0.05, 0) is 51.5 Å². The van der Waals surface area contributed by atoms with Gasteiger partial charge in [0, 0.05) is 30.7 Å². The molecule has 0 bridgehead atoms. The molecule has 2 aromatic rings. The first-order chi connectivity index (χ1) is 14.4. The summed E-state index contributed by atoms with van der Waals surface area (Å²) >= 11 is 2.91. The number of thioether (sulfide) groups is 1. The number of aryl methyl sites for hydroxylation is 2. The summed E-state index contributed by atoms with van der Waals surface area (Å²) in [5.41, 5.74) is 0.994. The molecule has 0 spiro atoms. The zero-order valence-corrected chi connectivity index (χ0v) is 20.1. The van der Waals surface area contributed by atoms with Crippen molar-refractivity contribution in [2.24, 2.45) is 5.92 Å². The Morgan fingerprint density at radius 2 is 2.10 bits per heavy atom. The van der Waals surface area contributed by atoms with Crippen LogP contribution in [0.1, 0.15) is 56.4 Å². The van der Waals surface area contributed by atoms with Crippen molar-refractivity contribution in [3.8, 4) is 0 Å². The van der Waals surface area contributed by atoms with Gasteiger partial charge in [0.15, 0.2) is 5.16 Å². The number of nitrogens with zero attached hydrogens (tertiary/aromatic N) is 2. The predicted octanol–water partition coefficient (Wildman–Crippen LogP) is 4.29. The Kier molecular flexibility index (Phi) is 8.36. The molecule has 1 saturated carbocycles. The summed E-state index contributed by atoms with van der Waals surface area (Å²) < 4.78 is 7.16. The van der Waals surface area contributed by atoms with E-state index in [1.807, 2.05) is 20.8 Å². The van der Waals surface area contributed by atoms with E-state index in [2.05, 4.69) is 12.2 Å². The highest BCUT2D eigenvalue weighted by Gasteiger charge is 2.23. The van der Waals surface area contributed by atoms with E-state index in [-0.39, 0.29) is 23.3 Å². The first kappa shape index (κ1) is 23.3. The SMILES string of the molecule is CCOCCCn1c(SCC(=O)N[C@H]2CCCC[C@H]2C)nc2sc(C)c(C)c2c1=O. The maximum absolute atomic E-state index is 13.2. The molecule has 3 rings (SSSR count). The molecular formula is C22H33N3O3S2. The van der Waals surface area contributed by atoms with E-state index in [1.165, 1.54) is 31.0 Å². The Balaban J connectivity index is 1.77. The summed E-state index contributed by atoms with van der Waals surface area (Å²) in [7, 11) is 0. The molecule has 1 amide bonds. The van der Waals surface area contributed by atoms with E-state index < -0.39 is 0 Å². The number of nitrogens with one attached hydrogen (secondary N) is 1. The van der Waals surface area contributed by atoms with Gasteiger partial charge in [-0.2, -0.15) is 0 Å². The van der Waals surface area contributed by atoms with Crippen LogP contribution >= 0.6 is 23.1 Å². The number of carbonyl (C=O) groups excluding carboxylic acids is 1. The van der Waals surface area contributed by atoms with Crippen LogP contribution in [0.2, 0.25) is 0 Å². The lowest BCUT2D eigenvalue weighted by Crippen LogP contribution is -2.42. The molecule has 1 fully saturated rings. The minimum Gasteiger partial charge on any atom is -0.382 e. The molecule has 0 aromatic carbocycles. The monoisotopic (exact) mass is 451 g/mol. The maximum Gasteiger partial charge on any atom is 0.263 e. The number of fused-ring (bicyclic) bond motifs is 1. The van der Waals surface area contributed by atoms with Gasteiger partial charge in [0.05, 0.1) is 11.1 Å². The Morgan fingerprint density at radius 1 is 1.33 bits per heavy atom. The molecule has 30 heavy (non-hydrogen) atoms. The van der Waals surface area contributed by atoms with Gasteiger partial charge in [-0.15, -0.1) is 11.3 Å². The average molecular weight is 452 g/mol. The molecule has 0 radical (unpaired) electrons. The van der Waals surface area contributed by atoms with Crippen molar-refractivity contribution in [1.82, 2.24) is 14.9 Å². The summed E-state index contributed by atoms with van der Waals surface area (Å²) in [4.78, 5) is 32.5. The predicted molar refractivity (Wildman–Crippen MR) is 125 cm³/mol. The van der Waals surface area contributed by atoms with Crippen molar-refractivity contribution < 1.29 is 9.53 Å². The average Bonchev–Trinajstić information content (AvgIpc) is 3.00. The number of amides is 1. The van der Waals surface area contributed by atoms with Crippen LogP contribution in [0, 0.1) is 19.8 Å². The largest absolute Gasteiger partial charge is 0.382 e. The lowest BCUT2D eigenvalue weighted by Gasteiger charge is -2.29. The van der Waals surface area contributed by atoms with Gasteiger partial charge in [-0.1, -0.05) is 31.5 Å². The molecule has 8 heteroatoms. The van der Waals surface area contributed by atoms with E-state index in [0.29, 0.717) is 36.2 Å². The Morgan fingerprint density at radius 3 is 2.83 bits per heavy atom. The Hall–Kier alpha value is -1.38. The number of thiophene rings is 1. The van der Waals surface area contributed by atoms with Gasteiger partial charge in [0.2, 0.25) is 5.91 Å². The summed E-state index contributed by atoms with van der Waals surface area (Å²) in [5, 5.41) is 4.52. The van der Waals surface area contributed by atoms with Crippen molar-refractivity contribution in [2.75, 3.05) is 19.0 Å². The van der Waals surface area contributed by atoms with E-state index in [0.717, 1.165) is 28.1 Å². The normalized spacial score (nSPS) is 19.3. The summed E-state index contributed by atoms with van der Waals surface area (Å²) in [6.45, 7) is 9.98. The Bertz CT molecular complexity index is 938.